The summed E-state index contributed by atoms with van der Waals surface area (Å²) in [5, 5.41) is 8.80. The average molecular weight is 149 g/mol. The number of aromatic nitrogens is 2. The minimum atomic E-state index is 1.02. The molecule has 58 valence electrons. The fourth-order valence-corrected chi connectivity index (χ4v) is 0.829. The lowest BCUT2D eigenvalue weighted by atomic mass is 10.4. The zero-order valence-corrected chi connectivity index (χ0v) is 6.41. The molecule has 1 aromatic heterocycles. The van der Waals surface area contributed by atoms with Gasteiger partial charge in [-0.1, -0.05) is 6.08 Å². The zero-order chi connectivity index (χ0) is 8.10. The fraction of sp³-hybridized carbons (Fsp3) is 0.125. The van der Waals surface area contributed by atoms with E-state index in [-0.39, 0.29) is 0 Å². The highest BCUT2D eigenvalue weighted by molar-refractivity contribution is 5.36. The van der Waals surface area contributed by atoms with Crippen molar-refractivity contribution in [2.45, 2.75) is 6.92 Å². The quantitative estimate of drug-likeness (QED) is 0.563. The van der Waals surface area contributed by atoms with Gasteiger partial charge in [0.15, 0.2) is 0 Å². The van der Waals surface area contributed by atoms with Crippen molar-refractivity contribution >= 4 is 12.2 Å². The number of hydrogen-bond donors (Lipinski definition) is 2. The SMILES string of the molecule is C/C=c1/[nH]nc/c1=C/C=C\N. The maximum Gasteiger partial charge on any atom is 0.0607 e. The Balaban J connectivity index is 3.23. The van der Waals surface area contributed by atoms with Gasteiger partial charge in [0, 0.05) is 5.22 Å². The highest BCUT2D eigenvalue weighted by Gasteiger charge is 1.81. The molecule has 0 aliphatic heterocycles. The molecule has 1 rings (SSSR count). The third-order valence-electron chi connectivity index (χ3n) is 1.38. The van der Waals surface area contributed by atoms with Gasteiger partial charge in [0.2, 0.25) is 0 Å². The second kappa shape index (κ2) is 3.61. The normalized spacial score (nSPS) is 15.0. The van der Waals surface area contributed by atoms with Crippen LogP contribution in [0, 0.1) is 0 Å². The van der Waals surface area contributed by atoms with Crippen molar-refractivity contribution < 1.29 is 0 Å². The van der Waals surface area contributed by atoms with Gasteiger partial charge < -0.3 is 5.73 Å². The van der Waals surface area contributed by atoms with Crippen LogP contribution in [0.15, 0.2) is 18.5 Å². The van der Waals surface area contributed by atoms with E-state index in [9.17, 15) is 0 Å². The minimum absolute atomic E-state index is 1.02. The summed E-state index contributed by atoms with van der Waals surface area (Å²) in [5.41, 5.74) is 5.18. The molecule has 0 unspecified atom stereocenters. The molecule has 0 aliphatic carbocycles. The topological polar surface area (TPSA) is 54.7 Å². The van der Waals surface area contributed by atoms with Crippen LogP contribution in [0.25, 0.3) is 12.2 Å². The molecule has 1 aromatic rings. The van der Waals surface area contributed by atoms with Crippen molar-refractivity contribution in [3.05, 3.63) is 29.0 Å². The highest BCUT2D eigenvalue weighted by Crippen LogP contribution is 1.65. The molecule has 3 N–H and O–H groups in total. The van der Waals surface area contributed by atoms with Crippen molar-refractivity contribution in [3.8, 4) is 0 Å². The van der Waals surface area contributed by atoms with Crippen LogP contribution in [0.1, 0.15) is 6.92 Å². The molecule has 0 saturated heterocycles. The molecule has 0 bridgehead atoms. The van der Waals surface area contributed by atoms with E-state index >= 15 is 0 Å². The second-order valence-electron chi connectivity index (χ2n) is 2.08. The van der Waals surface area contributed by atoms with Gasteiger partial charge in [-0.25, -0.2) is 0 Å². The number of hydrogen-bond acceptors (Lipinski definition) is 2. The first-order valence-electron chi connectivity index (χ1n) is 3.43. The maximum atomic E-state index is 5.18. The van der Waals surface area contributed by atoms with Gasteiger partial charge in [-0.2, -0.15) is 5.10 Å². The number of aromatic amines is 1. The zero-order valence-electron chi connectivity index (χ0n) is 6.41. The Bertz CT molecular complexity index is 346. The molecule has 0 fully saturated rings. The number of rotatable bonds is 1. The second-order valence-corrected chi connectivity index (χ2v) is 2.08. The third kappa shape index (κ3) is 1.70. The number of H-pyrrole nitrogens is 1. The van der Waals surface area contributed by atoms with E-state index in [4.69, 9.17) is 5.73 Å². The van der Waals surface area contributed by atoms with Gasteiger partial charge >= 0.3 is 0 Å². The molecule has 0 radical (unpaired) electrons. The summed E-state index contributed by atoms with van der Waals surface area (Å²) in [7, 11) is 0. The van der Waals surface area contributed by atoms with E-state index in [1.807, 2.05) is 19.1 Å². The van der Waals surface area contributed by atoms with Crippen molar-refractivity contribution in [2.75, 3.05) is 0 Å². The van der Waals surface area contributed by atoms with Crippen molar-refractivity contribution in [1.82, 2.24) is 10.2 Å². The lowest BCUT2D eigenvalue weighted by molar-refractivity contribution is 1.06. The third-order valence-corrected chi connectivity index (χ3v) is 1.38. The van der Waals surface area contributed by atoms with Crippen LogP contribution < -0.4 is 16.3 Å². The lowest BCUT2D eigenvalue weighted by Gasteiger charge is -1.73. The van der Waals surface area contributed by atoms with E-state index in [1.165, 1.54) is 6.20 Å². The summed E-state index contributed by atoms with van der Waals surface area (Å²) >= 11 is 0. The van der Waals surface area contributed by atoms with Crippen molar-refractivity contribution in [1.29, 1.82) is 0 Å². The molecular formula is C8H11N3. The van der Waals surface area contributed by atoms with Crippen LogP contribution in [-0.2, 0) is 0 Å². The molecule has 0 aliphatic rings. The Morgan fingerprint density at radius 2 is 2.45 bits per heavy atom. The number of nitrogens with zero attached hydrogens (tertiary/aromatic N) is 1. The molecule has 11 heavy (non-hydrogen) atoms. The summed E-state index contributed by atoms with van der Waals surface area (Å²) in [4.78, 5) is 0. The molecule has 3 nitrogen and oxygen atoms in total. The molecule has 0 amide bonds. The standard InChI is InChI=1S/C8H11N3/c1-2-8-7(4-3-5-9)6-10-11-8/h2-6,11H,9H2,1H3/b5-3-,7-4-,8-2+. The number of allylic oxidation sites excluding steroid dienone is 1. The molecule has 0 atom stereocenters. The monoisotopic (exact) mass is 149 g/mol. The first-order chi connectivity index (χ1) is 5.38. The summed E-state index contributed by atoms with van der Waals surface area (Å²) in [6.07, 6.45) is 8.89. The minimum Gasteiger partial charge on any atom is -0.405 e. The van der Waals surface area contributed by atoms with Crippen LogP contribution in [-0.4, -0.2) is 10.2 Å². The first-order valence-corrected chi connectivity index (χ1v) is 3.43. The van der Waals surface area contributed by atoms with E-state index in [0.717, 1.165) is 10.6 Å². The van der Waals surface area contributed by atoms with E-state index in [2.05, 4.69) is 10.2 Å². The number of nitrogens with one attached hydrogen (secondary N) is 1. The average Bonchev–Trinajstić information content (AvgIpc) is 2.47. The predicted molar refractivity (Wildman–Crippen MR) is 45.8 cm³/mol. The largest absolute Gasteiger partial charge is 0.405 e. The molecule has 1 heterocycles. The summed E-state index contributed by atoms with van der Waals surface area (Å²) in [6.45, 7) is 1.96. The van der Waals surface area contributed by atoms with E-state index < -0.39 is 0 Å². The van der Waals surface area contributed by atoms with Gasteiger partial charge in [-0.05, 0) is 25.3 Å². The van der Waals surface area contributed by atoms with Gasteiger partial charge in [0.1, 0.15) is 0 Å². The smallest absolute Gasteiger partial charge is 0.0607 e. The van der Waals surface area contributed by atoms with Crippen LogP contribution in [0.5, 0.6) is 0 Å². The Hall–Kier alpha value is -1.51. The molecule has 0 aromatic carbocycles. The summed E-state index contributed by atoms with van der Waals surface area (Å²) < 4.78 is 0. The number of nitrogens with two attached hydrogens (primary N) is 1. The Labute approximate surface area is 64.9 Å². The first kappa shape index (κ1) is 7.60. The van der Waals surface area contributed by atoms with Gasteiger partial charge in [-0.3, -0.25) is 5.10 Å². The van der Waals surface area contributed by atoms with Crippen LogP contribution in [0.2, 0.25) is 0 Å². The van der Waals surface area contributed by atoms with Crippen molar-refractivity contribution in [3.63, 3.8) is 0 Å². The van der Waals surface area contributed by atoms with Gasteiger partial charge in [-0.15, -0.1) is 0 Å². The molecule has 3 heteroatoms. The Kier molecular flexibility index (Phi) is 2.49. The van der Waals surface area contributed by atoms with Crippen LogP contribution in [0.3, 0.4) is 0 Å². The molecular weight excluding hydrogens is 138 g/mol. The van der Waals surface area contributed by atoms with Crippen LogP contribution >= 0.6 is 0 Å². The Morgan fingerprint density at radius 3 is 3.09 bits per heavy atom. The lowest BCUT2D eigenvalue weighted by Crippen LogP contribution is -2.20. The summed E-state index contributed by atoms with van der Waals surface area (Å²) in [6, 6.07) is 0. The van der Waals surface area contributed by atoms with Gasteiger partial charge in [0.25, 0.3) is 0 Å². The Morgan fingerprint density at radius 1 is 1.64 bits per heavy atom. The molecule has 0 spiro atoms. The van der Waals surface area contributed by atoms with Crippen molar-refractivity contribution in [2.24, 2.45) is 5.73 Å². The highest BCUT2D eigenvalue weighted by atomic mass is 15.1. The fourth-order valence-electron chi connectivity index (χ4n) is 0.829. The summed E-state index contributed by atoms with van der Waals surface area (Å²) in [5.74, 6) is 0. The van der Waals surface area contributed by atoms with E-state index in [0.29, 0.717) is 0 Å². The maximum absolute atomic E-state index is 5.18. The van der Waals surface area contributed by atoms with Gasteiger partial charge in [0.05, 0.1) is 11.5 Å². The predicted octanol–water partition coefficient (Wildman–Crippen LogP) is -0.537. The van der Waals surface area contributed by atoms with Crippen LogP contribution in [0.4, 0.5) is 0 Å². The van der Waals surface area contributed by atoms with E-state index in [1.54, 1.807) is 12.3 Å². The molecule has 0 saturated carbocycles.